The summed E-state index contributed by atoms with van der Waals surface area (Å²) in [7, 11) is -3.35. The van der Waals surface area contributed by atoms with Crippen LogP contribution in [0.1, 0.15) is 103 Å². The first-order valence-corrected chi connectivity index (χ1v) is 18.8. The molecular weight excluding hydrogens is 661 g/mol. The van der Waals surface area contributed by atoms with Gasteiger partial charge in [0.05, 0.1) is 47.1 Å². The Kier molecular flexibility index (Phi) is 11.1. The van der Waals surface area contributed by atoms with Crippen LogP contribution in [0.2, 0.25) is 0 Å². The highest BCUT2D eigenvalue weighted by Crippen LogP contribution is 2.45. The lowest BCUT2D eigenvalue weighted by Gasteiger charge is -2.35. The van der Waals surface area contributed by atoms with E-state index >= 15 is 0 Å². The topological polar surface area (TPSA) is 184 Å². The average molecular weight is 704 g/mol. The van der Waals surface area contributed by atoms with E-state index in [1.165, 1.54) is 36.4 Å². The van der Waals surface area contributed by atoms with Crippen molar-refractivity contribution in [1.82, 2.24) is 0 Å². The number of esters is 1. The van der Waals surface area contributed by atoms with Gasteiger partial charge < -0.3 is 24.3 Å². The van der Waals surface area contributed by atoms with Crippen LogP contribution in [0.4, 0.5) is 11.4 Å². The van der Waals surface area contributed by atoms with Crippen LogP contribution in [0, 0.1) is 5.41 Å². The van der Waals surface area contributed by atoms with E-state index in [1.807, 2.05) is 13.8 Å². The van der Waals surface area contributed by atoms with Gasteiger partial charge in [0.15, 0.2) is 16.9 Å². The van der Waals surface area contributed by atoms with Crippen molar-refractivity contribution < 1.29 is 37.4 Å². The first kappa shape index (κ1) is 36.6. The predicted octanol–water partition coefficient (Wildman–Crippen LogP) is 7.57. The maximum atomic E-state index is 14.1. The number of carbonyl (C=O) groups is 4. The standard InChI is InChI=1S/C37H42N3O9P/c1-5-9-17-37(18-10-6-2)33(42)25-15-16-26-30(41)27-19-24(35(44)47-7-3)20-28(31(27)49-32(26)29(25)40-36(37)45)39-34(43)23-13-11-22(12-14-23)21-50(38,46)48-8-4/h11-16,19-20H,5-10,17-18,21H2,1-4H3,(H2,38,46)(H,39,43)(H,40,45). The molecule has 0 aliphatic carbocycles. The Morgan fingerprint density at radius 2 is 1.56 bits per heavy atom. The van der Waals surface area contributed by atoms with Crippen molar-refractivity contribution in [3.05, 3.63) is 81.0 Å². The number of hydrogen-bond donors (Lipinski definition) is 3. The van der Waals surface area contributed by atoms with Crippen LogP contribution in [-0.2, 0) is 24.8 Å². The third-order valence-electron chi connectivity index (χ3n) is 8.93. The van der Waals surface area contributed by atoms with Crippen molar-refractivity contribution in [3.8, 4) is 0 Å². The van der Waals surface area contributed by atoms with Gasteiger partial charge in [-0.2, -0.15) is 0 Å². The number of benzene rings is 3. The Hall–Kier alpha value is -4.64. The smallest absolute Gasteiger partial charge is 0.338 e. The number of carbonyl (C=O) groups excluding carboxylic acids is 4. The Balaban J connectivity index is 1.62. The Labute approximate surface area is 289 Å². The number of unbranched alkanes of at least 4 members (excludes halogenated alkanes) is 2. The van der Waals surface area contributed by atoms with Crippen LogP contribution >= 0.6 is 7.52 Å². The van der Waals surface area contributed by atoms with Gasteiger partial charge in [-0.3, -0.25) is 29.2 Å². The number of ketones is 1. The van der Waals surface area contributed by atoms with E-state index in [9.17, 15) is 28.5 Å². The van der Waals surface area contributed by atoms with E-state index in [-0.39, 0.29) is 75.2 Å². The molecule has 1 unspecified atom stereocenters. The van der Waals surface area contributed by atoms with Crippen molar-refractivity contribution in [2.24, 2.45) is 10.9 Å². The summed E-state index contributed by atoms with van der Waals surface area (Å²) in [5.74, 6) is -2.07. The summed E-state index contributed by atoms with van der Waals surface area (Å²) in [6.45, 7) is 7.61. The van der Waals surface area contributed by atoms with Gasteiger partial charge >= 0.3 is 5.97 Å². The first-order valence-electron chi connectivity index (χ1n) is 16.9. The molecule has 2 amide bonds. The zero-order chi connectivity index (χ0) is 36.2. The second-order valence-electron chi connectivity index (χ2n) is 12.4. The van der Waals surface area contributed by atoms with Crippen LogP contribution in [0.5, 0.6) is 0 Å². The van der Waals surface area contributed by atoms with Gasteiger partial charge in [0, 0.05) is 11.1 Å². The molecule has 1 aliphatic heterocycles. The fraction of sp³-hybridized carbons (Fsp3) is 0.378. The minimum Gasteiger partial charge on any atom is -0.462 e. The van der Waals surface area contributed by atoms with Crippen LogP contribution in [0.3, 0.4) is 0 Å². The van der Waals surface area contributed by atoms with Crippen molar-refractivity contribution in [3.63, 3.8) is 0 Å². The molecule has 13 heteroatoms. The Bertz CT molecular complexity index is 2080. The normalized spacial score (nSPS) is 15.0. The van der Waals surface area contributed by atoms with E-state index in [0.29, 0.717) is 31.2 Å². The Morgan fingerprint density at radius 1 is 0.880 bits per heavy atom. The number of hydrogen-bond acceptors (Lipinski definition) is 9. The maximum Gasteiger partial charge on any atom is 0.338 e. The van der Waals surface area contributed by atoms with Crippen molar-refractivity contribution in [2.45, 2.75) is 72.4 Å². The highest BCUT2D eigenvalue weighted by atomic mass is 31.2. The SMILES string of the molecule is CCCCC1(CCCC)C(=O)Nc2c(ccc3c(=O)c4cc(C(=O)OCC)cc(NC(=O)c5ccc(CP(N)(=O)OCC)cc5)c4oc23)C1=O. The molecule has 1 aliphatic rings. The largest absolute Gasteiger partial charge is 0.462 e. The fourth-order valence-electron chi connectivity index (χ4n) is 6.37. The number of nitrogens with two attached hydrogens (primary N) is 1. The predicted molar refractivity (Wildman–Crippen MR) is 192 cm³/mol. The van der Waals surface area contributed by atoms with Crippen molar-refractivity contribution >= 4 is 64.4 Å². The van der Waals surface area contributed by atoms with Gasteiger partial charge in [-0.25, -0.2) is 4.79 Å². The van der Waals surface area contributed by atoms with E-state index in [2.05, 4.69) is 10.6 Å². The molecule has 0 saturated carbocycles. The third-order valence-corrected chi connectivity index (χ3v) is 10.4. The molecule has 50 heavy (non-hydrogen) atoms. The maximum absolute atomic E-state index is 14.1. The summed E-state index contributed by atoms with van der Waals surface area (Å²) < 4.78 is 29.1. The van der Waals surface area contributed by atoms with E-state index < -0.39 is 36.1 Å². The quantitative estimate of drug-likeness (QED) is 0.0512. The van der Waals surface area contributed by atoms with Gasteiger partial charge in [0.25, 0.3) is 13.4 Å². The van der Waals surface area contributed by atoms with Crippen molar-refractivity contribution in [1.29, 1.82) is 0 Å². The highest BCUT2D eigenvalue weighted by molar-refractivity contribution is 7.55. The molecule has 0 spiro atoms. The molecule has 2 heterocycles. The second-order valence-corrected chi connectivity index (χ2v) is 14.5. The van der Waals surface area contributed by atoms with Crippen LogP contribution in [0.15, 0.2) is 57.7 Å². The number of fused-ring (bicyclic) bond motifs is 4. The summed E-state index contributed by atoms with van der Waals surface area (Å²) in [5, 5.41) is 5.71. The van der Waals surface area contributed by atoms with Crippen molar-refractivity contribution in [2.75, 3.05) is 23.8 Å². The van der Waals surface area contributed by atoms with E-state index in [4.69, 9.17) is 19.2 Å². The molecule has 12 nitrogen and oxygen atoms in total. The van der Waals surface area contributed by atoms with Crippen LogP contribution in [-0.4, -0.2) is 36.8 Å². The lowest BCUT2D eigenvalue weighted by atomic mass is 9.69. The summed E-state index contributed by atoms with van der Waals surface area (Å²) in [5.41, 5.74) is 5.06. The molecule has 4 aromatic rings. The number of ether oxygens (including phenoxy) is 1. The van der Waals surface area contributed by atoms with Gasteiger partial charge in [-0.15, -0.1) is 0 Å². The minimum atomic E-state index is -3.35. The van der Waals surface area contributed by atoms with Gasteiger partial charge in [0.2, 0.25) is 11.3 Å². The molecular formula is C37H42N3O9P. The van der Waals surface area contributed by atoms with Crippen LogP contribution < -0.4 is 21.6 Å². The molecule has 0 saturated heterocycles. The Morgan fingerprint density at radius 3 is 2.18 bits per heavy atom. The van der Waals surface area contributed by atoms with Gasteiger partial charge in [-0.05, 0) is 68.7 Å². The number of nitrogens with one attached hydrogen (secondary N) is 2. The monoisotopic (exact) mass is 703 g/mol. The number of anilines is 2. The highest BCUT2D eigenvalue weighted by Gasteiger charge is 2.49. The first-order chi connectivity index (χ1) is 23.9. The van der Waals surface area contributed by atoms with E-state index in [1.54, 1.807) is 26.0 Å². The fourth-order valence-corrected chi connectivity index (χ4v) is 7.61. The molecule has 0 bridgehead atoms. The third kappa shape index (κ3) is 7.14. The molecule has 1 aromatic heterocycles. The van der Waals surface area contributed by atoms with Gasteiger partial charge in [-0.1, -0.05) is 51.7 Å². The lowest BCUT2D eigenvalue weighted by Crippen LogP contribution is -2.47. The lowest BCUT2D eigenvalue weighted by molar-refractivity contribution is -0.124. The molecule has 5 rings (SSSR count). The molecule has 4 N–H and O–H groups in total. The van der Waals surface area contributed by atoms with E-state index in [0.717, 1.165) is 12.8 Å². The second kappa shape index (κ2) is 15.1. The number of amides is 2. The average Bonchev–Trinajstić information content (AvgIpc) is 3.08. The molecule has 264 valence electrons. The summed E-state index contributed by atoms with van der Waals surface area (Å²) >= 11 is 0. The number of rotatable bonds is 14. The molecule has 3 aromatic carbocycles. The van der Waals surface area contributed by atoms with Crippen LogP contribution in [0.25, 0.3) is 21.9 Å². The zero-order valence-corrected chi connectivity index (χ0v) is 29.6. The van der Waals surface area contributed by atoms with Gasteiger partial charge in [0.1, 0.15) is 5.41 Å². The molecule has 1 atom stereocenters. The molecule has 0 radical (unpaired) electrons. The zero-order valence-electron chi connectivity index (χ0n) is 28.7. The summed E-state index contributed by atoms with van der Waals surface area (Å²) in [6.07, 6.45) is 3.81. The summed E-state index contributed by atoms with van der Waals surface area (Å²) in [6, 6.07) is 11.9. The number of Topliss-reactive ketones (excluding diaryl/α,β-unsaturated/α-hetero) is 1. The summed E-state index contributed by atoms with van der Waals surface area (Å²) in [4.78, 5) is 68.3. The molecule has 0 fully saturated rings. The minimum absolute atomic E-state index is 0.00402.